The van der Waals surface area contributed by atoms with Gasteiger partial charge in [0, 0.05) is 18.5 Å². The van der Waals surface area contributed by atoms with Gasteiger partial charge in [0.2, 0.25) is 11.4 Å². The van der Waals surface area contributed by atoms with Crippen LogP contribution in [0.1, 0.15) is 19.8 Å². The summed E-state index contributed by atoms with van der Waals surface area (Å²) in [6.07, 6.45) is 0.0953. The molecular formula is C23H19NO4. The summed E-state index contributed by atoms with van der Waals surface area (Å²) >= 11 is 0. The Morgan fingerprint density at radius 2 is 1.57 bits per heavy atom. The lowest BCUT2D eigenvalue weighted by atomic mass is 9.86. The van der Waals surface area contributed by atoms with Gasteiger partial charge in [-0.2, -0.15) is 0 Å². The molecule has 1 fully saturated rings. The third kappa shape index (κ3) is 2.95. The Morgan fingerprint density at radius 3 is 2.32 bits per heavy atom. The maximum Gasteiger partial charge on any atom is 0.345 e. The van der Waals surface area contributed by atoms with Gasteiger partial charge in [-0.3, -0.25) is 14.5 Å². The average molecular weight is 373 g/mol. The minimum Gasteiger partial charge on any atom is -0.424 e. The first kappa shape index (κ1) is 17.9. The van der Waals surface area contributed by atoms with Crippen molar-refractivity contribution in [1.29, 1.82) is 0 Å². The highest BCUT2D eigenvalue weighted by Crippen LogP contribution is 2.33. The summed E-state index contributed by atoms with van der Waals surface area (Å²) < 4.78 is 5.58. The number of amides is 1. The molecule has 4 rings (SSSR count). The monoisotopic (exact) mass is 373 g/mol. The van der Waals surface area contributed by atoms with Crippen molar-refractivity contribution in [3.63, 3.8) is 0 Å². The highest BCUT2D eigenvalue weighted by molar-refractivity contribution is 6.20. The van der Waals surface area contributed by atoms with E-state index in [0.29, 0.717) is 11.4 Å². The number of carbonyl (C=O) groups is 3. The quantitative estimate of drug-likeness (QED) is 0.397. The number of nitrogens with zero attached hydrogens (tertiary/aromatic N) is 1. The Labute approximate surface area is 162 Å². The molecule has 0 aromatic heterocycles. The number of hydrogen-bond donors (Lipinski definition) is 0. The van der Waals surface area contributed by atoms with Gasteiger partial charge in [0.05, 0.1) is 0 Å². The summed E-state index contributed by atoms with van der Waals surface area (Å²) in [6, 6.07) is 21.7. The summed E-state index contributed by atoms with van der Waals surface area (Å²) in [4.78, 5) is 39.8. The Bertz CT molecular complexity index is 1080. The number of carbonyl (C=O) groups excluding carboxylic acids is 3. The fraction of sp³-hybridized carbons (Fsp3) is 0.174. The van der Waals surface area contributed by atoms with E-state index in [1.165, 1.54) is 11.8 Å². The Balaban J connectivity index is 1.71. The van der Waals surface area contributed by atoms with Crippen molar-refractivity contribution in [3.8, 4) is 5.75 Å². The third-order valence-electron chi connectivity index (χ3n) is 5.15. The normalized spacial score (nSPS) is 19.7. The fourth-order valence-electron chi connectivity index (χ4n) is 3.57. The van der Waals surface area contributed by atoms with Crippen LogP contribution in [0.5, 0.6) is 5.75 Å². The molecule has 5 heteroatoms. The smallest absolute Gasteiger partial charge is 0.345 e. The maximum atomic E-state index is 13.1. The third-order valence-corrected chi connectivity index (χ3v) is 5.15. The van der Waals surface area contributed by atoms with Crippen molar-refractivity contribution >= 4 is 34.1 Å². The van der Waals surface area contributed by atoms with Crippen LogP contribution in [0.4, 0.5) is 5.69 Å². The van der Waals surface area contributed by atoms with Gasteiger partial charge in [-0.05, 0) is 42.0 Å². The second kappa shape index (κ2) is 6.93. The number of benzene rings is 3. The number of fused-ring (bicyclic) bond motifs is 1. The fourth-order valence-corrected chi connectivity index (χ4v) is 3.57. The molecule has 140 valence electrons. The molecule has 1 aliphatic rings. The molecule has 0 bridgehead atoms. The van der Waals surface area contributed by atoms with Crippen LogP contribution in [0, 0.1) is 0 Å². The van der Waals surface area contributed by atoms with Crippen molar-refractivity contribution in [2.24, 2.45) is 0 Å². The van der Waals surface area contributed by atoms with E-state index in [-0.39, 0.29) is 24.5 Å². The summed E-state index contributed by atoms with van der Waals surface area (Å²) in [5, 5.41) is 1.94. The molecule has 0 radical (unpaired) electrons. The van der Waals surface area contributed by atoms with E-state index >= 15 is 0 Å². The van der Waals surface area contributed by atoms with Crippen molar-refractivity contribution in [3.05, 3.63) is 72.8 Å². The van der Waals surface area contributed by atoms with Gasteiger partial charge in [0.25, 0.3) is 0 Å². The molecule has 1 aliphatic heterocycles. The Kier molecular flexibility index (Phi) is 4.43. The second-order valence-corrected chi connectivity index (χ2v) is 6.96. The molecule has 5 nitrogen and oxygen atoms in total. The molecular weight excluding hydrogens is 354 g/mol. The van der Waals surface area contributed by atoms with Gasteiger partial charge in [-0.25, -0.2) is 4.79 Å². The first-order valence-electron chi connectivity index (χ1n) is 9.12. The van der Waals surface area contributed by atoms with Crippen molar-refractivity contribution in [2.45, 2.75) is 25.3 Å². The number of esters is 1. The highest BCUT2D eigenvalue weighted by Gasteiger charge is 2.53. The Hall–Kier alpha value is -3.47. The molecule has 3 aromatic carbocycles. The van der Waals surface area contributed by atoms with Gasteiger partial charge in [-0.15, -0.1) is 0 Å². The molecule has 0 spiro atoms. The molecule has 0 saturated carbocycles. The van der Waals surface area contributed by atoms with Gasteiger partial charge < -0.3 is 4.74 Å². The minimum absolute atomic E-state index is 0.0193. The van der Waals surface area contributed by atoms with E-state index < -0.39 is 11.5 Å². The summed E-state index contributed by atoms with van der Waals surface area (Å²) in [6.45, 7) is 1.46. The van der Waals surface area contributed by atoms with E-state index in [4.69, 9.17) is 4.74 Å². The van der Waals surface area contributed by atoms with Gasteiger partial charge in [-0.1, -0.05) is 48.5 Å². The van der Waals surface area contributed by atoms with Crippen LogP contribution in [0.15, 0.2) is 72.8 Å². The maximum absolute atomic E-state index is 13.1. The number of Topliss-reactive ketones (excluding diaryl/α,β-unsaturated/α-hetero) is 1. The summed E-state index contributed by atoms with van der Waals surface area (Å²) in [5.74, 6) is -1.03. The van der Waals surface area contributed by atoms with Gasteiger partial charge >= 0.3 is 5.97 Å². The van der Waals surface area contributed by atoms with E-state index in [1.54, 1.807) is 36.4 Å². The van der Waals surface area contributed by atoms with E-state index in [9.17, 15) is 14.4 Å². The van der Waals surface area contributed by atoms with Crippen LogP contribution < -0.4 is 9.64 Å². The van der Waals surface area contributed by atoms with E-state index in [0.717, 1.165) is 10.8 Å². The van der Waals surface area contributed by atoms with E-state index in [2.05, 4.69) is 0 Å². The number of anilines is 1. The molecule has 0 unspecified atom stereocenters. The lowest BCUT2D eigenvalue weighted by Gasteiger charge is -2.41. The van der Waals surface area contributed by atoms with Crippen LogP contribution in [-0.2, 0) is 14.4 Å². The first-order chi connectivity index (χ1) is 13.5. The molecule has 1 atom stereocenters. The average Bonchev–Trinajstić information content (AvgIpc) is 2.71. The number of rotatable bonds is 3. The topological polar surface area (TPSA) is 63.7 Å². The number of ether oxygens (including phenoxy) is 1. The molecule has 0 aliphatic carbocycles. The van der Waals surface area contributed by atoms with Crippen LogP contribution >= 0.6 is 0 Å². The number of hydrogen-bond acceptors (Lipinski definition) is 4. The lowest BCUT2D eigenvalue weighted by molar-refractivity contribution is -0.149. The molecule has 28 heavy (non-hydrogen) atoms. The van der Waals surface area contributed by atoms with Crippen LogP contribution in [0.3, 0.4) is 0 Å². The largest absolute Gasteiger partial charge is 0.424 e. The highest BCUT2D eigenvalue weighted by atomic mass is 16.5. The predicted octanol–water partition coefficient (Wildman–Crippen LogP) is 3.90. The van der Waals surface area contributed by atoms with Gasteiger partial charge in [0.1, 0.15) is 5.75 Å². The molecule has 0 N–H and O–H groups in total. The van der Waals surface area contributed by atoms with Crippen LogP contribution in [-0.4, -0.2) is 23.2 Å². The van der Waals surface area contributed by atoms with Gasteiger partial charge in [0.15, 0.2) is 5.78 Å². The predicted molar refractivity (Wildman–Crippen MR) is 106 cm³/mol. The summed E-state index contributed by atoms with van der Waals surface area (Å²) in [7, 11) is 0. The standard InChI is InChI=1S/C23H19NO4/c1-23(20(25)13-14-21(26)24(23)18-9-3-2-4-10-18)22(27)28-19-12-11-16-7-5-6-8-17(16)15-19/h2-12,15H,13-14H2,1H3/t23-/m1/s1. The SMILES string of the molecule is C[C@]1(C(=O)Oc2ccc3ccccc3c2)C(=O)CCC(=O)N1c1ccccc1. The van der Waals surface area contributed by atoms with Crippen molar-refractivity contribution < 1.29 is 19.1 Å². The molecule has 3 aromatic rings. The van der Waals surface area contributed by atoms with Crippen molar-refractivity contribution in [2.75, 3.05) is 4.90 Å². The lowest BCUT2D eigenvalue weighted by Crippen LogP contribution is -2.64. The first-order valence-corrected chi connectivity index (χ1v) is 9.12. The van der Waals surface area contributed by atoms with Crippen molar-refractivity contribution in [1.82, 2.24) is 0 Å². The Morgan fingerprint density at radius 1 is 0.893 bits per heavy atom. The zero-order valence-electron chi connectivity index (χ0n) is 15.4. The molecule has 1 heterocycles. The number of ketones is 1. The zero-order valence-corrected chi connectivity index (χ0v) is 15.4. The zero-order chi connectivity index (χ0) is 19.7. The number of piperidine rings is 1. The van der Waals surface area contributed by atoms with E-state index in [1.807, 2.05) is 36.4 Å². The second-order valence-electron chi connectivity index (χ2n) is 6.96. The molecule has 1 saturated heterocycles. The number of para-hydroxylation sites is 1. The van der Waals surface area contributed by atoms with Crippen LogP contribution in [0.2, 0.25) is 0 Å². The molecule has 1 amide bonds. The van der Waals surface area contributed by atoms with Crippen LogP contribution in [0.25, 0.3) is 10.8 Å². The minimum atomic E-state index is -1.71. The summed E-state index contributed by atoms with van der Waals surface area (Å²) in [5.41, 5.74) is -1.21.